The van der Waals surface area contributed by atoms with Crippen LogP contribution in [0.25, 0.3) is 0 Å². The lowest BCUT2D eigenvalue weighted by atomic mass is 9.59. The second-order valence-corrected chi connectivity index (χ2v) is 5.99. The molecule has 90 valence electrons. The zero-order valence-corrected chi connectivity index (χ0v) is 10.6. The van der Waals surface area contributed by atoms with E-state index in [4.69, 9.17) is 0 Å². The van der Waals surface area contributed by atoms with Gasteiger partial charge in [-0.25, -0.2) is 0 Å². The molecule has 0 bridgehead atoms. The average Bonchev–Trinajstić information content (AvgIpc) is 2.27. The van der Waals surface area contributed by atoms with Gasteiger partial charge in [0.2, 0.25) is 0 Å². The fourth-order valence-corrected chi connectivity index (χ4v) is 3.40. The van der Waals surface area contributed by atoms with Crippen LogP contribution >= 0.6 is 0 Å². The van der Waals surface area contributed by atoms with Crippen LogP contribution in [0.15, 0.2) is 23.8 Å². The van der Waals surface area contributed by atoms with Gasteiger partial charge < -0.3 is 5.11 Å². The van der Waals surface area contributed by atoms with Crippen LogP contribution < -0.4 is 0 Å². The molecule has 0 aromatic rings. The molecular weight excluding hydrogens is 196 g/mol. The normalized spacial score (nSPS) is 36.6. The molecule has 0 aromatic carbocycles. The van der Waals surface area contributed by atoms with Crippen molar-refractivity contribution in [2.24, 2.45) is 17.3 Å². The molecule has 0 saturated heterocycles. The summed E-state index contributed by atoms with van der Waals surface area (Å²) in [5.41, 5.74) is 3.35. The van der Waals surface area contributed by atoms with Crippen molar-refractivity contribution in [1.82, 2.24) is 0 Å². The molecule has 0 aromatic heterocycles. The molecular formula is C15H24O. The molecule has 2 aliphatic rings. The summed E-state index contributed by atoms with van der Waals surface area (Å²) in [5, 5.41) is 9.25. The molecule has 1 N–H and O–H groups in total. The van der Waals surface area contributed by atoms with Crippen molar-refractivity contribution in [3.8, 4) is 0 Å². The lowest BCUT2D eigenvalue weighted by molar-refractivity contribution is 0.147. The van der Waals surface area contributed by atoms with E-state index in [-0.39, 0.29) is 6.61 Å². The first kappa shape index (κ1) is 11.9. The highest BCUT2D eigenvalue weighted by molar-refractivity contribution is 5.22. The second kappa shape index (κ2) is 4.37. The monoisotopic (exact) mass is 220 g/mol. The maximum atomic E-state index is 9.25. The van der Waals surface area contributed by atoms with Gasteiger partial charge in [-0.2, -0.15) is 0 Å². The molecule has 1 saturated carbocycles. The summed E-state index contributed by atoms with van der Waals surface area (Å²) in [6, 6.07) is 0. The highest BCUT2D eigenvalue weighted by Gasteiger charge is 2.40. The first-order valence-electron chi connectivity index (χ1n) is 6.54. The number of fused-ring (bicyclic) bond motifs is 1. The molecule has 0 heterocycles. The highest BCUT2D eigenvalue weighted by atomic mass is 16.3. The second-order valence-electron chi connectivity index (χ2n) is 5.99. The third-order valence-corrected chi connectivity index (χ3v) is 4.76. The third kappa shape index (κ3) is 1.98. The predicted molar refractivity (Wildman–Crippen MR) is 68.2 cm³/mol. The summed E-state index contributed by atoms with van der Waals surface area (Å²) in [6.07, 6.45) is 8.56. The standard InChI is InChI=1S/C15H24O/c1-11-5-4-7-15(3)8-6-13(9-14(11)15)12(2)10-16/h6,12,14,16H,1,4-5,7-10H2,2-3H3. The van der Waals surface area contributed by atoms with E-state index in [0.717, 1.165) is 6.42 Å². The van der Waals surface area contributed by atoms with Gasteiger partial charge in [-0.3, -0.25) is 0 Å². The van der Waals surface area contributed by atoms with Crippen LogP contribution in [0.5, 0.6) is 0 Å². The minimum Gasteiger partial charge on any atom is -0.396 e. The van der Waals surface area contributed by atoms with Crippen LogP contribution in [-0.4, -0.2) is 11.7 Å². The Balaban J connectivity index is 2.19. The van der Waals surface area contributed by atoms with Crippen LogP contribution in [0.3, 0.4) is 0 Å². The van der Waals surface area contributed by atoms with E-state index in [9.17, 15) is 5.11 Å². The zero-order chi connectivity index (χ0) is 11.8. The summed E-state index contributed by atoms with van der Waals surface area (Å²) in [5.74, 6) is 0.995. The van der Waals surface area contributed by atoms with E-state index in [2.05, 4.69) is 26.5 Å². The van der Waals surface area contributed by atoms with Crippen LogP contribution in [0.1, 0.15) is 46.0 Å². The van der Waals surface area contributed by atoms with Crippen molar-refractivity contribution in [2.45, 2.75) is 46.0 Å². The molecule has 1 fully saturated rings. The van der Waals surface area contributed by atoms with Crippen LogP contribution in [0.2, 0.25) is 0 Å². The van der Waals surface area contributed by atoms with Crippen molar-refractivity contribution >= 4 is 0 Å². The summed E-state index contributed by atoms with van der Waals surface area (Å²) in [7, 11) is 0. The van der Waals surface area contributed by atoms with Gasteiger partial charge in [0.25, 0.3) is 0 Å². The van der Waals surface area contributed by atoms with E-state index in [1.54, 1.807) is 0 Å². The van der Waals surface area contributed by atoms with Gasteiger partial charge in [0.15, 0.2) is 0 Å². The Morgan fingerprint density at radius 1 is 1.62 bits per heavy atom. The fourth-order valence-electron chi connectivity index (χ4n) is 3.40. The van der Waals surface area contributed by atoms with E-state index >= 15 is 0 Å². The van der Waals surface area contributed by atoms with E-state index in [1.807, 2.05) is 0 Å². The van der Waals surface area contributed by atoms with Crippen molar-refractivity contribution in [1.29, 1.82) is 0 Å². The minimum atomic E-state index is 0.280. The Hall–Kier alpha value is -0.560. The Labute approximate surface area is 99.3 Å². The van der Waals surface area contributed by atoms with Crippen LogP contribution in [0.4, 0.5) is 0 Å². The summed E-state index contributed by atoms with van der Waals surface area (Å²) in [6.45, 7) is 9.09. The molecule has 1 heteroatoms. The van der Waals surface area contributed by atoms with Crippen molar-refractivity contribution in [3.05, 3.63) is 23.8 Å². The van der Waals surface area contributed by atoms with E-state index < -0.39 is 0 Å². The summed E-state index contributed by atoms with van der Waals surface area (Å²) >= 11 is 0. The Morgan fingerprint density at radius 3 is 3.06 bits per heavy atom. The van der Waals surface area contributed by atoms with Crippen molar-refractivity contribution < 1.29 is 5.11 Å². The molecule has 3 atom stereocenters. The quantitative estimate of drug-likeness (QED) is 0.704. The topological polar surface area (TPSA) is 20.2 Å². The first-order chi connectivity index (χ1) is 7.57. The number of hydrogen-bond donors (Lipinski definition) is 1. The van der Waals surface area contributed by atoms with Crippen molar-refractivity contribution in [3.63, 3.8) is 0 Å². The van der Waals surface area contributed by atoms with Gasteiger partial charge in [0.05, 0.1) is 0 Å². The Kier molecular flexibility index (Phi) is 3.25. The maximum Gasteiger partial charge on any atom is 0.0493 e. The van der Waals surface area contributed by atoms with Gasteiger partial charge in [0, 0.05) is 12.5 Å². The highest BCUT2D eigenvalue weighted by Crippen LogP contribution is 2.52. The Morgan fingerprint density at radius 2 is 2.38 bits per heavy atom. The first-order valence-corrected chi connectivity index (χ1v) is 6.54. The molecule has 2 rings (SSSR count). The average molecular weight is 220 g/mol. The van der Waals surface area contributed by atoms with E-state index in [0.29, 0.717) is 17.3 Å². The van der Waals surface area contributed by atoms with Crippen LogP contribution in [0, 0.1) is 17.3 Å². The Bertz CT molecular complexity index is 315. The molecule has 3 unspecified atom stereocenters. The number of aliphatic hydroxyl groups is 1. The molecule has 0 aliphatic heterocycles. The summed E-state index contributed by atoms with van der Waals surface area (Å²) < 4.78 is 0. The molecule has 0 spiro atoms. The zero-order valence-electron chi connectivity index (χ0n) is 10.6. The largest absolute Gasteiger partial charge is 0.396 e. The molecule has 16 heavy (non-hydrogen) atoms. The van der Waals surface area contributed by atoms with Gasteiger partial charge >= 0.3 is 0 Å². The number of hydrogen-bond acceptors (Lipinski definition) is 1. The van der Waals surface area contributed by atoms with Gasteiger partial charge in [-0.15, -0.1) is 0 Å². The maximum absolute atomic E-state index is 9.25. The van der Waals surface area contributed by atoms with Gasteiger partial charge in [0.1, 0.15) is 0 Å². The smallest absolute Gasteiger partial charge is 0.0493 e. The minimum absolute atomic E-state index is 0.280. The molecule has 2 aliphatic carbocycles. The molecule has 1 nitrogen and oxygen atoms in total. The van der Waals surface area contributed by atoms with Gasteiger partial charge in [-0.05, 0) is 43.4 Å². The number of rotatable bonds is 2. The number of aliphatic hydroxyl groups excluding tert-OH is 1. The molecule has 0 amide bonds. The molecule has 0 radical (unpaired) electrons. The van der Waals surface area contributed by atoms with E-state index in [1.165, 1.54) is 36.8 Å². The van der Waals surface area contributed by atoms with Crippen molar-refractivity contribution in [2.75, 3.05) is 6.61 Å². The lowest BCUT2D eigenvalue weighted by Crippen LogP contribution is -2.35. The number of allylic oxidation sites excluding steroid dienone is 2. The SMILES string of the molecule is C=C1CCCC2(C)CC=C(C(C)CO)CC12. The summed E-state index contributed by atoms with van der Waals surface area (Å²) in [4.78, 5) is 0. The van der Waals surface area contributed by atoms with Gasteiger partial charge in [-0.1, -0.05) is 37.6 Å². The van der Waals surface area contributed by atoms with Crippen LogP contribution in [-0.2, 0) is 0 Å². The fraction of sp³-hybridized carbons (Fsp3) is 0.733. The predicted octanol–water partition coefficient (Wildman–Crippen LogP) is 3.70. The third-order valence-electron chi connectivity index (χ3n) is 4.76. The lowest BCUT2D eigenvalue weighted by Gasteiger charge is -2.46.